The summed E-state index contributed by atoms with van der Waals surface area (Å²) in [5.74, 6) is -0.628. The van der Waals surface area contributed by atoms with E-state index < -0.39 is 12.1 Å². The number of hydrogen-bond donors (Lipinski definition) is 2. The molecule has 1 saturated heterocycles. The molecule has 8 nitrogen and oxygen atoms in total. The SMILES string of the molecule is CCCN1C(=O)NC(CC(=O)NCc2csc(N(C)C)n2)C1=O. The first-order valence-electron chi connectivity index (χ1n) is 7.42. The lowest BCUT2D eigenvalue weighted by Gasteiger charge is -2.11. The minimum Gasteiger partial charge on any atom is -0.354 e. The maximum absolute atomic E-state index is 12.0. The smallest absolute Gasteiger partial charge is 0.324 e. The zero-order chi connectivity index (χ0) is 17.0. The van der Waals surface area contributed by atoms with Gasteiger partial charge in [0, 0.05) is 26.0 Å². The van der Waals surface area contributed by atoms with Crippen LogP contribution in [0.4, 0.5) is 9.93 Å². The molecule has 1 aromatic rings. The van der Waals surface area contributed by atoms with Crippen molar-refractivity contribution >= 4 is 34.3 Å². The Balaban J connectivity index is 1.83. The minimum absolute atomic E-state index is 0.0601. The summed E-state index contributed by atoms with van der Waals surface area (Å²) in [5, 5.41) is 8.01. The molecular weight excluding hydrogens is 318 g/mol. The third kappa shape index (κ3) is 4.19. The largest absolute Gasteiger partial charge is 0.354 e. The number of anilines is 1. The first-order valence-corrected chi connectivity index (χ1v) is 8.30. The van der Waals surface area contributed by atoms with Gasteiger partial charge >= 0.3 is 6.03 Å². The lowest BCUT2D eigenvalue weighted by Crippen LogP contribution is -2.36. The summed E-state index contributed by atoms with van der Waals surface area (Å²) in [4.78, 5) is 43.1. The molecule has 0 aromatic carbocycles. The van der Waals surface area contributed by atoms with Crippen LogP contribution < -0.4 is 15.5 Å². The Bertz CT molecular complexity index is 601. The summed E-state index contributed by atoms with van der Waals surface area (Å²) in [6, 6.07) is -1.20. The lowest BCUT2D eigenvalue weighted by atomic mass is 10.2. The number of carbonyl (C=O) groups is 3. The molecule has 1 aliphatic rings. The number of thiazole rings is 1. The number of nitrogens with one attached hydrogen (secondary N) is 2. The van der Waals surface area contributed by atoms with Crippen LogP contribution in [0.15, 0.2) is 5.38 Å². The van der Waals surface area contributed by atoms with Crippen molar-refractivity contribution in [2.75, 3.05) is 25.5 Å². The van der Waals surface area contributed by atoms with E-state index in [4.69, 9.17) is 0 Å². The highest BCUT2D eigenvalue weighted by Gasteiger charge is 2.38. The molecule has 23 heavy (non-hydrogen) atoms. The van der Waals surface area contributed by atoms with Gasteiger partial charge in [0.2, 0.25) is 5.91 Å². The molecule has 126 valence electrons. The molecule has 1 fully saturated rings. The predicted molar refractivity (Wildman–Crippen MR) is 87.2 cm³/mol. The van der Waals surface area contributed by atoms with E-state index in [2.05, 4.69) is 15.6 Å². The number of urea groups is 1. The minimum atomic E-state index is -0.776. The van der Waals surface area contributed by atoms with Crippen molar-refractivity contribution in [3.8, 4) is 0 Å². The van der Waals surface area contributed by atoms with Gasteiger partial charge in [0.15, 0.2) is 5.13 Å². The van der Waals surface area contributed by atoms with Gasteiger partial charge in [0.05, 0.1) is 18.7 Å². The van der Waals surface area contributed by atoms with Gasteiger partial charge in [-0.05, 0) is 6.42 Å². The quantitative estimate of drug-likeness (QED) is 0.707. The van der Waals surface area contributed by atoms with Gasteiger partial charge < -0.3 is 15.5 Å². The number of amides is 4. The average molecular weight is 339 g/mol. The zero-order valence-electron chi connectivity index (χ0n) is 13.5. The fourth-order valence-corrected chi connectivity index (χ4v) is 2.94. The fraction of sp³-hybridized carbons (Fsp3) is 0.571. The average Bonchev–Trinajstić information content (AvgIpc) is 3.06. The van der Waals surface area contributed by atoms with Crippen LogP contribution in [0.5, 0.6) is 0 Å². The molecule has 0 spiro atoms. The third-order valence-corrected chi connectivity index (χ3v) is 4.39. The van der Waals surface area contributed by atoms with E-state index in [9.17, 15) is 14.4 Å². The normalized spacial score (nSPS) is 17.3. The summed E-state index contributed by atoms with van der Waals surface area (Å²) < 4.78 is 0. The van der Waals surface area contributed by atoms with Crippen LogP contribution in [-0.2, 0) is 16.1 Å². The number of hydrogen-bond acceptors (Lipinski definition) is 6. The van der Waals surface area contributed by atoms with Crippen molar-refractivity contribution in [3.63, 3.8) is 0 Å². The molecule has 0 aliphatic carbocycles. The van der Waals surface area contributed by atoms with Crippen LogP contribution >= 0.6 is 11.3 Å². The number of aromatic nitrogens is 1. The van der Waals surface area contributed by atoms with Crippen molar-refractivity contribution in [1.29, 1.82) is 0 Å². The van der Waals surface area contributed by atoms with E-state index in [1.165, 1.54) is 11.3 Å². The van der Waals surface area contributed by atoms with Crippen LogP contribution in [0.25, 0.3) is 0 Å². The second kappa shape index (κ2) is 7.40. The van der Waals surface area contributed by atoms with Crippen molar-refractivity contribution in [2.45, 2.75) is 32.4 Å². The number of carbonyl (C=O) groups excluding carboxylic acids is 3. The second-order valence-corrected chi connectivity index (χ2v) is 6.33. The maximum Gasteiger partial charge on any atom is 0.324 e. The van der Waals surface area contributed by atoms with E-state index in [1.807, 2.05) is 31.3 Å². The van der Waals surface area contributed by atoms with Crippen molar-refractivity contribution in [1.82, 2.24) is 20.5 Å². The predicted octanol–water partition coefficient (Wildman–Crippen LogP) is 0.546. The Kier molecular flexibility index (Phi) is 5.54. The Hall–Kier alpha value is -2.16. The summed E-state index contributed by atoms with van der Waals surface area (Å²) in [6.45, 7) is 2.56. The number of nitrogens with zero attached hydrogens (tertiary/aromatic N) is 3. The third-order valence-electron chi connectivity index (χ3n) is 3.33. The zero-order valence-corrected chi connectivity index (χ0v) is 14.3. The Morgan fingerprint density at radius 2 is 2.22 bits per heavy atom. The summed E-state index contributed by atoms with van der Waals surface area (Å²) >= 11 is 1.49. The molecule has 0 bridgehead atoms. The van der Waals surface area contributed by atoms with Gasteiger partial charge in [-0.2, -0.15) is 0 Å². The molecule has 2 heterocycles. The van der Waals surface area contributed by atoms with Crippen molar-refractivity contribution in [3.05, 3.63) is 11.1 Å². The van der Waals surface area contributed by atoms with Gasteiger partial charge in [-0.25, -0.2) is 9.78 Å². The lowest BCUT2D eigenvalue weighted by molar-refractivity contribution is -0.130. The molecule has 0 radical (unpaired) electrons. The van der Waals surface area contributed by atoms with Crippen LogP contribution in [-0.4, -0.2) is 54.4 Å². The molecular formula is C14H21N5O3S. The first kappa shape index (κ1) is 17.2. The van der Waals surface area contributed by atoms with Crippen LogP contribution in [0, 0.1) is 0 Å². The van der Waals surface area contributed by atoms with Gasteiger partial charge in [-0.3, -0.25) is 14.5 Å². The highest BCUT2D eigenvalue weighted by molar-refractivity contribution is 7.13. The molecule has 0 saturated carbocycles. The van der Waals surface area contributed by atoms with Crippen LogP contribution in [0.3, 0.4) is 0 Å². The summed E-state index contributed by atoms with van der Waals surface area (Å²) in [7, 11) is 3.80. The van der Waals surface area contributed by atoms with Crippen molar-refractivity contribution in [2.24, 2.45) is 0 Å². The molecule has 1 atom stereocenters. The fourth-order valence-electron chi connectivity index (χ4n) is 2.18. The molecule has 9 heteroatoms. The maximum atomic E-state index is 12.0. The Labute approximate surface area is 138 Å². The van der Waals surface area contributed by atoms with Crippen LogP contribution in [0.1, 0.15) is 25.5 Å². The van der Waals surface area contributed by atoms with Crippen molar-refractivity contribution < 1.29 is 14.4 Å². The van der Waals surface area contributed by atoms with Gasteiger partial charge in [0.1, 0.15) is 6.04 Å². The van der Waals surface area contributed by atoms with E-state index >= 15 is 0 Å². The topological polar surface area (TPSA) is 94.6 Å². The first-order chi connectivity index (χ1) is 10.9. The highest BCUT2D eigenvalue weighted by Crippen LogP contribution is 2.17. The standard InChI is InChI=1S/C14H21N5O3S/c1-4-5-19-12(21)10(17-13(19)22)6-11(20)15-7-9-8-23-14(16-9)18(2)3/h8,10H,4-7H2,1-3H3,(H,15,20)(H,17,22). The van der Waals surface area contributed by atoms with E-state index in [1.54, 1.807) is 0 Å². The second-order valence-electron chi connectivity index (χ2n) is 5.49. The van der Waals surface area contributed by atoms with Gasteiger partial charge in [-0.1, -0.05) is 6.92 Å². The highest BCUT2D eigenvalue weighted by atomic mass is 32.1. The van der Waals surface area contributed by atoms with E-state index in [0.717, 1.165) is 15.7 Å². The molecule has 2 N–H and O–H groups in total. The summed E-state index contributed by atoms with van der Waals surface area (Å²) in [5.41, 5.74) is 0.765. The molecule has 4 amide bonds. The molecule has 1 aliphatic heterocycles. The molecule has 1 aromatic heterocycles. The van der Waals surface area contributed by atoms with Gasteiger partial charge in [-0.15, -0.1) is 11.3 Å². The summed E-state index contributed by atoms with van der Waals surface area (Å²) in [6.07, 6.45) is 0.631. The monoisotopic (exact) mass is 339 g/mol. The molecule has 1 unspecified atom stereocenters. The van der Waals surface area contributed by atoms with Gasteiger partial charge in [0.25, 0.3) is 5.91 Å². The van der Waals surface area contributed by atoms with E-state index in [-0.39, 0.29) is 18.2 Å². The number of rotatable bonds is 7. The van der Waals surface area contributed by atoms with E-state index in [0.29, 0.717) is 19.5 Å². The Morgan fingerprint density at radius 1 is 1.48 bits per heavy atom. The Morgan fingerprint density at radius 3 is 2.83 bits per heavy atom. The molecule has 2 rings (SSSR count). The van der Waals surface area contributed by atoms with Crippen LogP contribution in [0.2, 0.25) is 0 Å². The number of imide groups is 1.